The molecule has 1 N–H and O–H groups in total. The summed E-state index contributed by atoms with van der Waals surface area (Å²) in [5.74, 6) is 0.125. The van der Waals surface area contributed by atoms with E-state index >= 15 is 0 Å². The van der Waals surface area contributed by atoms with Gasteiger partial charge >= 0.3 is 5.97 Å². The van der Waals surface area contributed by atoms with E-state index in [2.05, 4.69) is 12.2 Å². The normalized spacial score (nSPS) is 14.0. The van der Waals surface area contributed by atoms with Crippen molar-refractivity contribution in [3.05, 3.63) is 59.7 Å². The molecule has 6 heteroatoms. The van der Waals surface area contributed by atoms with E-state index in [1.54, 1.807) is 30.3 Å². The Morgan fingerprint density at radius 3 is 2.52 bits per heavy atom. The maximum Gasteiger partial charge on any atom is 0.339 e. The zero-order chi connectivity index (χ0) is 20.6. The highest BCUT2D eigenvalue weighted by Gasteiger charge is 2.31. The standard InChI is InChI=1S/C23H27NO5/c1-3-4-14-28-19-13-10-17(15-20(19)27-2)23(26)29-21(16-8-6-5-7-9-16)22(25)24-18-11-12-18/h5-10,13,15,18,21H,3-4,11-12,14H2,1-2H3,(H,24,25)/t21-/m1/s1. The molecule has 0 saturated heterocycles. The van der Waals surface area contributed by atoms with Crippen molar-refractivity contribution < 1.29 is 23.8 Å². The molecule has 0 aromatic heterocycles. The first-order valence-corrected chi connectivity index (χ1v) is 9.99. The molecule has 0 unspecified atom stereocenters. The first kappa shape index (κ1) is 20.7. The summed E-state index contributed by atoms with van der Waals surface area (Å²) >= 11 is 0. The predicted molar refractivity (Wildman–Crippen MR) is 109 cm³/mol. The molecule has 154 valence electrons. The van der Waals surface area contributed by atoms with E-state index in [1.165, 1.54) is 7.11 Å². The minimum Gasteiger partial charge on any atom is -0.493 e. The minimum atomic E-state index is -1.00. The van der Waals surface area contributed by atoms with Gasteiger partial charge in [0.25, 0.3) is 5.91 Å². The Kier molecular flexibility index (Phi) is 7.11. The highest BCUT2D eigenvalue weighted by molar-refractivity contribution is 5.93. The molecule has 2 aromatic carbocycles. The summed E-state index contributed by atoms with van der Waals surface area (Å²) in [6.45, 7) is 2.66. The zero-order valence-corrected chi connectivity index (χ0v) is 16.9. The number of carbonyl (C=O) groups is 2. The van der Waals surface area contributed by atoms with Crippen LogP contribution in [0.25, 0.3) is 0 Å². The van der Waals surface area contributed by atoms with Crippen LogP contribution in [-0.2, 0) is 9.53 Å². The molecule has 1 fully saturated rings. The Labute approximate surface area is 171 Å². The quantitative estimate of drug-likeness (QED) is 0.484. The van der Waals surface area contributed by atoms with Gasteiger partial charge in [-0.3, -0.25) is 4.79 Å². The summed E-state index contributed by atoms with van der Waals surface area (Å²) < 4.78 is 16.7. The van der Waals surface area contributed by atoms with Gasteiger partial charge < -0.3 is 19.5 Å². The third-order valence-corrected chi connectivity index (χ3v) is 4.64. The number of nitrogens with one attached hydrogen (secondary N) is 1. The second-order valence-electron chi connectivity index (χ2n) is 7.05. The van der Waals surface area contributed by atoms with Gasteiger partial charge in [-0.05, 0) is 37.5 Å². The van der Waals surface area contributed by atoms with Gasteiger partial charge in [-0.1, -0.05) is 43.7 Å². The van der Waals surface area contributed by atoms with E-state index in [4.69, 9.17) is 14.2 Å². The average Bonchev–Trinajstić information content (AvgIpc) is 3.56. The molecule has 1 aliphatic rings. The molecule has 3 rings (SSSR count). The molecular weight excluding hydrogens is 370 g/mol. The molecule has 1 atom stereocenters. The fourth-order valence-corrected chi connectivity index (χ4v) is 2.82. The third kappa shape index (κ3) is 5.73. The van der Waals surface area contributed by atoms with E-state index in [0.29, 0.717) is 29.2 Å². The average molecular weight is 397 g/mol. The number of rotatable bonds is 10. The van der Waals surface area contributed by atoms with Crippen LogP contribution in [0.1, 0.15) is 54.6 Å². The van der Waals surface area contributed by atoms with Crippen LogP contribution in [-0.4, -0.2) is 31.6 Å². The number of benzene rings is 2. The topological polar surface area (TPSA) is 73.9 Å². The Morgan fingerprint density at radius 2 is 1.86 bits per heavy atom. The van der Waals surface area contributed by atoms with Crippen LogP contribution in [0, 0.1) is 0 Å². The molecule has 1 saturated carbocycles. The van der Waals surface area contributed by atoms with Crippen LogP contribution < -0.4 is 14.8 Å². The Morgan fingerprint density at radius 1 is 1.10 bits per heavy atom. The van der Waals surface area contributed by atoms with E-state index in [1.807, 2.05) is 18.2 Å². The van der Waals surface area contributed by atoms with Crippen LogP contribution in [0.3, 0.4) is 0 Å². The number of unbranched alkanes of at least 4 members (excludes halogenated alkanes) is 1. The Hall–Kier alpha value is -3.02. The predicted octanol–water partition coefficient (Wildman–Crippen LogP) is 4.05. The summed E-state index contributed by atoms with van der Waals surface area (Å²) in [6, 6.07) is 14.1. The van der Waals surface area contributed by atoms with Gasteiger partial charge in [0.2, 0.25) is 6.10 Å². The molecule has 1 amide bonds. The summed E-state index contributed by atoms with van der Waals surface area (Å²) in [7, 11) is 1.52. The zero-order valence-electron chi connectivity index (χ0n) is 16.9. The summed E-state index contributed by atoms with van der Waals surface area (Å²) in [6.07, 6.45) is 2.87. The van der Waals surface area contributed by atoms with Crippen molar-refractivity contribution in [2.24, 2.45) is 0 Å². The van der Waals surface area contributed by atoms with Gasteiger partial charge in [0.05, 0.1) is 19.3 Å². The monoisotopic (exact) mass is 397 g/mol. The maximum atomic E-state index is 12.8. The Bertz CT molecular complexity index is 832. The highest BCUT2D eigenvalue weighted by atomic mass is 16.5. The highest BCUT2D eigenvalue weighted by Crippen LogP contribution is 2.30. The molecule has 6 nitrogen and oxygen atoms in total. The van der Waals surface area contributed by atoms with Crippen LogP contribution in [0.15, 0.2) is 48.5 Å². The number of hydrogen-bond donors (Lipinski definition) is 1. The summed E-state index contributed by atoms with van der Waals surface area (Å²) in [5.41, 5.74) is 0.926. The van der Waals surface area contributed by atoms with Gasteiger partial charge in [-0.2, -0.15) is 0 Å². The van der Waals surface area contributed by atoms with Gasteiger partial charge in [-0.15, -0.1) is 0 Å². The fraction of sp³-hybridized carbons (Fsp3) is 0.391. The number of amides is 1. The van der Waals surface area contributed by atoms with Crippen molar-refractivity contribution in [1.29, 1.82) is 0 Å². The molecule has 0 aliphatic heterocycles. The molecule has 0 radical (unpaired) electrons. The van der Waals surface area contributed by atoms with Gasteiger partial charge in [0.1, 0.15) is 0 Å². The van der Waals surface area contributed by atoms with Crippen LogP contribution in [0.4, 0.5) is 0 Å². The lowest BCUT2D eigenvalue weighted by molar-refractivity contribution is -0.130. The minimum absolute atomic E-state index is 0.173. The number of carbonyl (C=O) groups excluding carboxylic acids is 2. The largest absolute Gasteiger partial charge is 0.493 e. The van der Waals surface area contributed by atoms with Crippen molar-refractivity contribution in [2.45, 2.75) is 44.8 Å². The van der Waals surface area contributed by atoms with Gasteiger partial charge in [0.15, 0.2) is 11.5 Å². The van der Waals surface area contributed by atoms with Crippen LogP contribution in [0.2, 0.25) is 0 Å². The SMILES string of the molecule is CCCCOc1ccc(C(=O)O[C@@H](C(=O)NC2CC2)c2ccccc2)cc1OC. The van der Waals surface area contributed by atoms with Crippen molar-refractivity contribution in [3.63, 3.8) is 0 Å². The van der Waals surface area contributed by atoms with Crippen LogP contribution >= 0.6 is 0 Å². The number of esters is 1. The lowest BCUT2D eigenvalue weighted by Crippen LogP contribution is -2.33. The number of methoxy groups -OCH3 is 1. The van der Waals surface area contributed by atoms with Crippen molar-refractivity contribution in [2.75, 3.05) is 13.7 Å². The fourth-order valence-electron chi connectivity index (χ4n) is 2.82. The summed E-state index contributed by atoms with van der Waals surface area (Å²) in [5, 5.41) is 2.91. The molecule has 0 spiro atoms. The van der Waals surface area contributed by atoms with Gasteiger partial charge in [0, 0.05) is 11.6 Å². The molecule has 2 aromatic rings. The lowest BCUT2D eigenvalue weighted by Gasteiger charge is -2.18. The van der Waals surface area contributed by atoms with Gasteiger partial charge in [-0.25, -0.2) is 4.79 Å². The lowest BCUT2D eigenvalue weighted by atomic mass is 10.1. The maximum absolute atomic E-state index is 12.8. The van der Waals surface area contributed by atoms with E-state index in [0.717, 1.165) is 25.7 Å². The number of ether oxygens (including phenoxy) is 3. The van der Waals surface area contributed by atoms with Crippen LogP contribution in [0.5, 0.6) is 11.5 Å². The summed E-state index contributed by atoms with van der Waals surface area (Å²) in [4.78, 5) is 25.4. The molecular formula is C23H27NO5. The smallest absolute Gasteiger partial charge is 0.339 e. The van der Waals surface area contributed by atoms with E-state index in [9.17, 15) is 9.59 Å². The van der Waals surface area contributed by atoms with Crippen molar-refractivity contribution in [3.8, 4) is 11.5 Å². The number of hydrogen-bond acceptors (Lipinski definition) is 5. The Balaban J connectivity index is 1.75. The van der Waals surface area contributed by atoms with E-state index < -0.39 is 12.1 Å². The first-order chi connectivity index (χ1) is 14.1. The molecule has 29 heavy (non-hydrogen) atoms. The molecule has 0 bridgehead atoms. The van der Waals surface area contributed by atoms with Crippen molar-refractivity contribution in [1.82, 2.24) is 5.32 Å². The van der Waals surface area contributed by atoms with E-state index in [-0.39, 0.29) is 11.9 Å². The second kappa shape index (κ2) is 9.96. The molecule has 0 heterocycles. The van der Waals surface area contributed by atoms with Crippen molar-refractivity contribution >= 4 is 11.9 Å². The molecule has 1 aliphatic carbocycles. The third-order valence-electron chi connectivity index (χ3n) is 4.64. The second-order valence-corrected chi connectivity index (χ2v) is 7.05. The first-order valence-electron chi connectivity index (χ1n) is 9.99.